The molecule has 0 spiro atoms. The van der Waals surface area contributed by atoms with Gasteiger partial charge in [0.15, 0.2) is 0 Å². The molecule has 2 heterocycles. The highest BCUT2D eigenvalue weighted by molar-refractivity contribution is 6.30. The van der Waals surface area contributed by atoms with Crippen molar-refractivity contribution in [3.05, 3.63) is 53.1 Å². The van der Waals surface area contributed by atoms with Crippen LogP contribution in [-0.2, 0) is 13.6 Å². The fourth-order valence-electron chi connectivity index (χ4n) is 3.13. The lowest BCUT2D eigenvalue weighted by Crippen LogP contribution is -2.38. The number of aryl methyl sites for hydroxylation is 1. The van der Waals surface area contributed by atoms with Gasteiger partial charge in [0.1, 0.15) is 5.82 Å². The van der Waals surface area contributed by atoms with E-state index in [1.807, 2.05) is 42.1 Å². The fourth-order valence-corrected chi connectivity index (χ4v) is 3.25. The van der Waals surface area contributed by atoms with Gasteiger partial charge in [-0.15, -0.1) is 0 Å². The fraction of sp³-hybridized carbons (Fsp3) is 0.438. The maximum atomic E-state index is 10.6. The molecule has 1 saturated heterocycles. The molecular weight excluding hydrogens is 302 g/mol. The Labute approximate surface area is 134 Å². The van der Waals surface area contributed by atoms with E-state index in [1.165, 1.54) is 0 Å². The van der Waals surface area contributed by atoms with Crippen LogP contribution in [0.25, 0.3) is 0 Å². The first kappa shape index (κ1) is 15.5. The molecule has 6 heteroatoms. The van der Waals surface area contributed by atoms with Crippen LogP contribution in [0.1, 0.15) is 17.3 Å². The van der Waals surface area contributed by atoms with E-state index in [9.17, 15) is 10.2 Å². The summed E-state index contributed by atoms with van der Waals surface area (Å²) in [6.45, 7) is 1.21. The molecule has 1 aromatic heterocycles. The standard InChI is InChI=1S/C16H20ClN3O2/c1-19-7-6-18-15(19)9-20-8-13(16(22)14(20)10-21)11-2-4-12(17)5-3-11/h2-7,13-14,16,21-22H,8-10H2,1H3/t13-,14-,16-/m1/s1. The summed E-state index contributed by atoms with van der Waals surface area (Å²) in [6, 6.07) is 7.26. The van der Waals surface area contributed by atoms with Gasteiger partial charge in [-0.25, -0.2) is 4.98 Å². The number of hydrogen-bond acceptors (Lipinski definition) is 4. The van der Waals surface area contributed by atoms with Gasteiger partial charge in [0.2, 0.25) is 0 Å². The Hall–Kier alpha value is -1.40. The average Bonchev–Trinajstić information content (AvgIpc) is 3.04. The highest BCUT2D eigenvalue weighted by Crippen LogP contribution is 2.33. The minimum Gasteiger partial charge on any atom is -0.395 e. The van der Waals surface area contributed by atoms with E-state index < -0.39 is 6.10 Å². The first-order chi connectivity index (χ1) is 10.6. The maximum Gasteiger partial charge on any atom is 0.122 e. The maximum absolute atomic E-state index is 10.6. The molecular formula is C16H20ClN3O2. The molecule has 1 aromatic carbocycles. The van der Waals surface area contributed by atoms with Gasteiger partial charge in [-0.05, 0) is 17.7 Å². The zero-order valence-electron chi connectivity index (χ0n) is 12.4. The van der Waals surface area contributed by atoms with Crippen LogP contribution in [0.3, 0.4) is 0 Å². The van der Waals surface area contributed by atoms with Crippen molar-refractivity contribution in [1.29, 1.82) is 0 Å². The lowest BCUT2D eigenvalue weighted by Gasteiger charge is -2.23. The largest absolute Gasteiger partial charge is 0.395 e. The minimum absolute atomic E-state index is 0.0327. The monoisotopic (exact) mass is 321 g/mol. The van der Waals surface area contributed by atoms with Crippen molar-refractivity contribution >= 4 is 11.6 Å². The van der Waals surface area contributed by atoms with E-state index in [4.69, 9.17) is 11.6 Å². The van der Waals surface area contributed by atoms with Crippen LogP contribution in [-0.4, -0.2) is 50.0 Å². The molecule has 0 unspecified atom stereocenters. The van der Waals surface area contributed by atoms with Gasteiger partial charge in [-0.2, -0.15) is 0 Å². The van der Waals surface area contributed by atoms with Crippen molar-refractivity contribution in [1.82, 2.24) is 14.5 Å². The summed E-state index contributed by atoms with van der Waals surface area (Å²) in [4.78, 5) is 6.41. The predicted molar refractivity (Wildman–Crippen MR) is 84.7 cm³/mol. The molecule has 0 saturated carbocycles. The van der Waals surface area contributed by atoms with E-state index in [0.29, 0.717) is 18.1 Å². The SMILES string of the molecule is Cn1ccnc1CN1C[C@H](c2ccc(Cl)cc2)[C@@H](O)[C@H]1CO. The molecule has 0 bridgehead atoms. The van der Waals surface area contributed by atoms with Gasteiger partial charge in [0.05, 0.1) is 25.3 Å². The first-order valence-electron chi connectivity index (χ1n) is 7.34. The van der Waals surface area contributed by atoms with Gasteiger partial charge in [0.25, 0.3) is 0 Å². The summed E-state index contributed by atoms with van der Waals surface area (Å²) in [5.74, 6) is 0.886. The number of halogens is 1. The summed E-state index contributed by atoms with van der Waals surface area (Å²) in [5.41, 5.74) is 1.04. The number of imidazole rings is 1. The summed E-state index contributed by atoms with van der Waals surface area (Å²) in [7, 11) is 1.94. The Bertz CT molecular complexity index is 629. The third kappa shape index (κ3) is 2.90. The highest BCUT2D eigenvalue weighted by Gasteiger charge is 2.41. The number of aromatic nitrogens is 2. The predicted octanol–water partition coefficient (Wildman–Crippen LogP) is 1.39. The van der Waals surface area contributed by atoms with Crippen LogP contribution in [0.4, 0.5) is 0 Å². The minimum atomic E-state index is -0.605. The molecule has 2 aromatic rings. The van der Waals surface area contributed by atoms with Gasteiger partial charge < -0.3 is 14.8 Å². The van der Waals surface area contributed by atoms with Crippen LogP contribution in [0.5, 0.6) is 0 Å². The normalized spacial score (nSPS) is 25.7. The molecule has 3 atom stereocenters. The first-order valence-corrected chi connectivity index (χ1v) is 7.72. The topological polar surface area (TPSA) is 61.5 Å². The zero-order valence-corrected chi connectivity index (χ0v) is 13.2. The van der Waals surface area contributed by atoms with Crippen molar-refractivity contribution < 1.29 is 10.2 Å². The number of benzene rings is 1. The van der Waals surface area contributed by atoms with E-state index in [0.717, 1.165) is 11.4 Å². The third-order valence-corrected chi connectivity index (χ3v) is 4.71. The summed E-state index contributed by atoms with van der Waals surface area (Å²) < 4.78 is 1.95. The van der Waals surface area contributed by atoms with E-state index in [2.05, 4.69) is 9.88 Å². The Balaban J connectivity index is 1.80. The van der Waals surface area contributed by atoms with Crippen molar-refractivity contribution in [2.45, 2.75) is 24.6 Å². The molecule has 0 amide bonds. The molecule has 1 fully saturated rings. The van der Waals surface area contributed by atoms with Gasteiger partial charge in [-0.3, -0.25) is 4.90 Å². The smallest absolute Gasteiger partial charge is 0.122 e. The quantitative estimate of drug-likeness (QED) is 0.893. The number of hydrogen-bond donors (Lipinski definition) is 2. The second-order valence-corrected chi connectivity index (χ2v) is 6.22. The number of likely N-dealkylation sites (tertiary alicyclic amines) is 1. The summed E-state index contributed by atoms with van der Waals surface area (Å²) >= 11 is 5.93. The van der Waals surface area contributed by atoms with E-state index >= 15 is 0 Å². The van der Waals surface area contributed by atoms with Crippen molar-refractivity contribution in [3.63, 3.8) is 0 Å². The van der Waals surface area contributed by atoms with Crippen molar-refractivity contribution in [2.24, 2.45) is 7.05 Å². The molecule has 0 aliphatic carbocycles. The van der Waals surface area contributed by atoms with E-state index in [-0.39, 0.29) is 18.6 Å². The van der Waals surface area contributed by atoms with Gasteiger partial charge in [0, 0.05) is 36.9 Å². The molecule has 1 aliphatic rings. The Morgan fingerprint density at radius 3 is 2.64 bits per heavy atom. The van der Waals surface area contributed by atoms with Crippen molar-refractivity contribution in [3.8, 4) is 0 Å². The van der Waals surface area contributed by atoms with Crippen LogP contribution < -0.4 is 0 Å². The number of aliphatic hydroxyl groups is 2. The Kier molecular flexibility index (Phi) is 4.49. The molecule has 22 heavy (non-hydrogen) atoms. The van der Waals surface area contributed by atoms with E-state index in [1.54, 1.807) is 6.20 Å². The van der Waals surface area contributed by atoms with Gasteiger partial charge in [-0.1, -0.05) is 23.7 Å². The van der Waals surface area contributed by atoms with Crippen molar-refractivity contribution in [2.75, 3.05) is 13.2 Å². The second kappa shape index (κ2) is 6.38. The molecule has 2 N–H and O–H groups in total. The van der Waals surface area contributed by atoms with Crippen LogP contribution in [0.2, 0.25) is 5.02 Å². The average molecular weight is 322 g/mol. The highest BCUT2D eigenvalue weighted by atomic mass is 35.5. The zero-order chi connectivity index (χ0) is 15.7. The molecule has 118 valence electrons. The molecule has 3 rings (SSSR count). The van der Waals surface area contributed by atoms with Crippen LogP contribution in [0, 0.1) is 0 Å². The third-order valence-electron chi connectivity index (χ3n) is 4.46. The number of nitrogens with zero attached hydrogens (tertiary/aromatic N) is 3. The number of aliphatic hydroxyl groups excluding tert-OH is 2. The molecule has 5 nitrogen and oxygen atoms in total. The Morgan fingerprint density at radius 2 is 2.05 bits per heavy atom. The summed E-state index contributed by atoms with van der Waals surface area (Å²) in [6.07, 6.45) is 3.05. The lowest BCUT2D eigenvalue weighted by molar-refractivity contribution is 0.0628. The lowest BCUT2D eigenvalue weighted by atomic mass is 9.94. The van der Waals surface area contributed by atoms with Crippen LogP contribution >= 0.6 is 11.6 Å². The van der Waals surface area contributed by atoms with Crippen LogP contribution in [0.15, 0.2) is 36.7 Å². The molecule has 1 aliphatic heterocycles. The second-order valence-electron chi connectivity index (χ2n) is 5.78. The molecule has 0 radical (unpaired) electrons. The number of rotatable bonds is 4. The van der Waals surface area contributed by atoms with Gasteiger partial charge >= 0.3 is 0 Å². The Morgan fingerprint density at radius 1 is 1.32 bits per heavy atom. The summed E-state index contributed by atoms with van der Waals surface area (Å²) in [5, 5.41) is 20.9.